The van der Waals surface area contributed by atoms with Gasteiger partial charge in [0.25, 0.3) is 0 Å². The molecule has 1 aliphatic rings. The van der Waals surface area contributed by atoms with Gasteiger partial charge in [0.15, 0.2) is 6.29 Å². The van der Waals surface area contributed by atoms with Crippen LogP contribution >= 0.6 is 0 Å². The Bertz CT molecular complexity index is 361. The van der Waals surface area contributed by atoms with Crippen LogP contribution in [0.3, 0.4) is 0 Å². The third-order valence-corrected chi connectivity index (χ3v) is 3.32. The van der Waals surface area contributed by atoms with E-state index in [-0.39, 0.29) is 6.29 Å². The first kappa shape index (κ1) is 13.5. The molecule has 0 fully saturated rings. The summed E-state index contributed by atoms with van der Waals surface area (Å²) in [5.74, 6) is 0. The van der Waals surface area contributed by atoms with E-state index < -0.39 is 0 Å². The van der Waals surface area contributed by atoms with Gasteiger partial charge in [-0.15, -0.1) is 0 Å². The van der Waals surface area contributed by atoms with Gasteiger partial charge in [0.1, 0.15) is 0 Å². The van der Waals surface area contributed by atoms with E-state index >= 15 is 0 Å². The minimum atomic E-state index is -0.0923. The van der Waals surface area contributed by atoms with Crippen molar-refractivity contribution in [2.45, 2.75) is 33.1 Å². The average Bonchev–Trinajstić information content (AvgIpc) is 2.39. The van der Waals surface area contributed by atoms with Crippen molar-refractivity contribution in [2.24, 2.45) is 0 Å². The first-order valence-electron chi connectivity index (χ1n) is 6.85. The number of fused-ring (bicyclic) bond motifs is 1. The summed E-state index contributed by atoms with van der Waals surface area (Å²) >= 11 is 0. The van der Waals surface area contributed by atoms with Gasteiger partial charge in [-0.25, -0.2) is 0 Å². The van der Waals surface area contributed by atoms with Crippen LogP contribution in [0.1, 0.15) is 25.0 Å². The van der Waals surface area contributed by atoms with Crippen molar-refractivity contribution in [1.29, 1.82) is 0 Å². The molecule has 1 aromatic carbocycles. The fraction of sp³-hybridized carbons (Fsp3) is 0.600. The Morgan fingerprint density at radius 2 is 1.78 bits per heavy atom. The van der Waals surface area contributed by atoms with Gasteiger partial charge in [0.2, 0.25) is 0 Å². The summed E-state index contributed by atoms with van der Waals surface area (Å²) < 4.78 is 11.2. The van der Waals surface area contributed by atoms with Gasteiger partial charge in [0, 0.05) is 32.8 Å². The number of benzene rings is 1. The van der Waals surface area contributed by atoms with Crippen LogP contribution in [0.5, 0.6) is 0 Å². The van der Waals surface area contributed by atoms with E-state index in [1.165, 1.54) is 11.1 Å². The molecule has 3 heteroatoms. The molecular weight excluding hydrogens is 226 g/mol. The number of hydrogen-bond acceptors (Lipinski definition) is 3. The van der Waals surface area contributed by atoms with Gasteiger partial charge in [0.05, 0.1) is 0 Å². The zero-order valence-electron chi connectivity index (χ0n) is 11.4. The summed E-state index contributed by atoms with van der Waals surface area (Å²) in [4.78, 5) is 2.42. The maximum absolute atomic E-state index is 5.61. The van der Waals surface area contributed by atoms with Crippen molar-refractivity contribution < 1.29 is 9.47 Å². The molecule has 0 bridgehead atoms. The molecule has 18 heavy (non-hydrogen) atoms. The Kier molecular flexibility index (Phi) is 5.17. The van der Waals surface area contributed by atoms with Crippen LogP contribution in [-0.2, 0) is 22.4 Å². The Morgan fingerprint density at radius 3 is 2.44 bits per heavy atom. The van der Waals surface area contributed by atoms with Crippen molar-refractivity contribution in [3.05, 3.63) is 35.4 Å². The number of rotatable bonds is 6. The van der Waals surface area contributed by atoms with Crippen LogP contribution < -0.4 is 0 Å². The van der Waals surface area contributed by atoms with E-state index in [1.54, 1.807) is 0 Å². The van der Waals surface area contributed by atoms with Gasteiger partial charge in [-0.3, -0.25) is 4.90 Å². The summed E-state index contributed by atoms with van der Waals surface area (Å²) in [5.41, 5.74) is 2.92. The molecule has 0 unspecified atom stereocenters. The summed E-state index contributed by atoms with van der Waals surface area (Å²) in [6.07, 6.45) is 1.03. The SMILES string of the molecule is CCOC(CN1CCc2ccccc2C1)OCC. The van der Waals surface area contributed by atoms with Crippen LogP contribution in [-0.4, -0.2) is 37.5 Å². The van der Waals surface area contributed by atoms with E-state index in [2.05, 4.69) is 29.2 Å². The number of nitrogens with zero attached hydrogens (tertiary/aromatic N) is 1. The molecule has 0 aromatic heterocycles. The maximum Gasteiger partial charge on any atom is 0.170 e. The fourth-order valence-electron chi connectivity index (χ4n) is 2.45. The molecular formula is C15H23NO2. The molecule has 1 heterocycles. The lowest BCUT2D eigenvalue weighted by atomic mass is 10.00. The molecule has 2 rings (SSSR count). The second-order valence-electron chi connectivity index (χ2n) is 4.59. The highest BCUT2D eigenvalue weighted by molar-refractivity contribution is 5.28. The summed E-state index contributed by atoms with van der Waals surface area (Å²) in [5, 5.41) is 0. The highest BCUT2D eigenvalue weighted by atomic mass is 16.7. The van der Waals surface area contributed by atoms with E-state index in [4.69, 9.17) is 9.47 Å². The minimum Gasteiger partial charge on any atom is -0.352 e. The maximum atomic E-state index is 5.61. The average molecular weight is 249 g/mol. The molecule has 0 saturated carbocycles. The summed E-state index contributed by atoms with van der Waals surface area (Å²) in [7, 11) is 0. The molecule has 0 amide bonds. The quantitative estimate of drug-likeness (QED) is 0.723. The molecule has 0 aliphatic carbocycles. The van der Waals surface area contributed by atoms with Crippen molar-refractivity contribution in [3.63, 3.8) is 0 Å². The van der Waals surface area contributed by atoms with Gasteiger partial charge < -0.3 is 9.47 Å². The molecule has 3 nitrogen and oxygen atoms in total. The molecule has 0 atom stereocenters. The van der Waals surface area contributed by atoms with E-state index in [0.717, 1.165) is 26.1 Å². The zero-order valence-corrected chi connectivity index (χ0v) is 11.4. The highest BCUT2D eigenvalue weighted by Gasteiger charge is 2.19. The third kappa shape index (κ3) is 3.55. The fourth-order valence-corrected chi connectivity index (χ4v) is 2.45. The first-order chi connectivity index (χ1) is 8.83. The normalized spacial score (nSPS) is 15.9. The van der Waals surface area contributed by atoms with Gasteiger partial charge in [-0.2, -0.15) is 0 Å². The van der Waals surface area contributed by atoms with Crippen LogP contribution in [0.2, 0.25) is 0 Å². The topological polar surface area (TPSA) is 21.7 Å². The van der Waals surface area contributed by atoms with E-state index in [0.29, 0.717) is 13.2 Å². The minimum absolute atomic E-state index is 0.0923. The second kappa shape index (κ2) is 6.88. The standard InChI is InChI=1S/C15H23NO2/c1-3-17-15(18-4-2)12-16-10-9-13-7-5-6-8-14(13)11-16/h5-8,15H,3-4,9-12H2,1-2H3. The summed E-state index contributed by atoms with van der Waals surface area (Å²) in [6, 6.07) is 8.69. The highest BCUT2D eigenvalue weighted by Crippen LogP contribution is 2.18. The Balaban J connectivity index is 1.91. The lowest BCUT2D eigenvalue weighted by Crippen LogP contribution is -2.38. The van der Waals surface area contributed by atoms with Crippen molar-refractivity contribution in [2.75, 3.05) is 26.3 Å². The van der Waals surface area contributed by atoms with E-state index in [1.807, 2.05) is 13.8 Å². The van der Waals surface area contributed by atoms with Crippen LogP contribution in [0.4, 0.5) is 0 Å². The van der Waals surface area contributed by atoms with Gasteiger partial charge >= 0.3 is 0 Å². The predicted molar refractivity (Wildman–Crippen MR) is 72.5 cm³/mol. The zero-order chi connectivity index (χ0) is 12.8. The Morgan fingerprint density at radius 1 is 1.11 bits per heavy atom. The summed E-state index contributed by atoms with van der Waals surface area (Å²) in [6.45, 7) is 8.38. The second-order valence-corrected chi connectivity index (χ2v) is 4.59. The smallest absolute Gasteiger partial charge is 0.170 e. The van der Waals surface area contributed by atoms with Crippen LogP contribution in [0.15, 0.2) is 24.3 Å². The Hall–Kier alpha value is -0.900. The van der Waals surface area contributed by atoms with E-state index in [9.17, 15) is 0 Å². The van der Waals surface area contributed by atoms with Crippen molar-refractivity contribution >= 4 is 0 Å². The first-order valence-corrected chi connectivity index (χ1v) is 6.85. The number of hydrogen-bond donors (Lipinski definition) is 0. The largest absolute Gasteiger partial charge is 0.352 e. The molecule has 0 N–H and O–H groups in total. The van der Waals surface area contributed by atoms with Crippen molar-refractivity contribution in [3.8, 4) is 0 Å². The molecule has 0 spiro atoms. The molecule has 0 radical (unpaired) electrons. The molecule has 1 aliphatic heterocycles. The molecule has 0 saturated heterocycles. The Labute approximate surface area is 110 Å². The van der Waals surface area contributed by atoms with Crippen LogP contribution in [0, 0.1) is 0 Å². The van der Waals surface area contributed by atoms with Gasteiger partial charge in [-0.05, 0) is 31.4 Å². The molecule has 100 valence electrons. The lowest BCUT2D eigenvalue weighted by Gasteiger charge is -2.31. The lowest BCUT2D eigenvalue weighted by molar-refractivity contribution is -0.148. The number of ether oxygens (including phenoxy) is 2. The third-order valence-electron chi connectivity index (χ3n) is 3.32. The van der Waals surface area contributed by atoms with Crippen molar-refractivity contribution in [1.82, 2.24) is 4.90 Å². The predicted octanol–water partition coefficient (Wildman–Crippen LogP) is 2.44. The van der Waals surface area contributed by atoms with Gasteiger partial charge in [-0.1, -0.05) is 24.3 Å². The van der Waals surface area contributed by atoms with Crippen LogP contribution in [0.25, 0.3) is 0 Å². The molecule has 1 aromatic rings. The monoisotopic (exact) mass is 249 g/mol.